The molecule has 0 spiro atoms. The molecule has 1 aliphatic rings. The van der Waals surface area contributed by atoms with Gasteiger partial charge in [-0.25, -0.2) is 0 Å². The Balaban J connectivity index is 2.11. The lowest BCUT2D eigenvalue weighted by Crippen LogP contribution is -2.31. The molecule has 0 fully saturated rings. The molecule has 1 aromatic carbocycles. The molecule has 0 atom stereocenters. The van der Waals surface area contributed by atoms with E-state index in [1.807, 2.05) is 0 Å². The fourth-order valence-corrected chi connectivity index (χ4v) is 1.96. The summed E-state index contributed by atoms with van der Waals surface area (Å²) in [6.07, 6.45) is 0.0918. The first-order chi connectivity index (χ1) is 9.91. The fraction of sp³-hybridized carbons (Fsp3) is 0.273. The normalized spacial score (nSPS) is 13.2. The van der Waals surface area contributed by atoms with Gasteiger partial charge in [-0.3, -0.25) is 24.6 Å². The summed E-state index contributed by atoms with van der Waals surface area (Å²) >= 11 is 0. The number of amides is 2. The number of hydrogen-bond acceptors (Lipinski definition) is 7. The van der Waals surface area contributed by atoms with Crippen molar-refractivity contribution in [2.75, 3.05) is 13.2 Å². The Morgan fingerprint density at radius 1 is 1.10 bits per heavy atom. The monoisotopic (exact) mass is 295 g/mol. The van der Waals surface area contributed by atoms with Gasteiger partial charge in [0.05, 0.1) is 22.7 Å². The number of carbonyl (C=O) groups excluding carboxylic acids is 2. The van der Waals surface area contributed by atoms with Gasteiger partial charge in [0.15, 0.2) is 0 Å². The number of rotatable bonds is 6. The van der Waals surface area contributed by atoms with Gasteiger partial charge in [0.1, 0.15) is 0 Å². The molecule has 2 rings (SSSR count). The Hall–Kier alpha value is -3.04. The zero-order valence-corrected chi connectivity index (χ0v) is 10.6. The summed E-state index contributed by atoms with van der Waals surface area (Å²) < 4.78 is 0. The van der Waals surface area contributed by atoms with E-state index in [1.54, 1.807) is 0 Å². The van der Waals surface area contributed by atoms with E-state index in [1.165, 1.54) is 6.07 Å². The first-order valence-electron chi connectivity index (χ1n) is 5.83. The summed E-state index contributed by atoms with van der Waals surface area (Å²) in [5.74, 6) is -1.23. The van der Waals surface area contributed by atoms with E-state index >= 15 is 0 Å². The van der Waals surface area contributed by atoms with Crippen LogP contribution in [0.15, 0.2) is 18.2 Å². The number of fused-ring (bicyclic) bond motifs is 1. The highest BCUT2D eigenvalue weighted by molar-refractivity contribution is 6.21. The maximum absolute atomic E-state index is 12.0. The van der Waals surface area contributed by atoms with Crippen LogP contribution in [0.4, 0.5) is 5.69 Å². The summed E-state index contributed by atoms with van der Waals surface area (Å²) in [5, 5.41) is 19.7. The maximum Gasteiger partial charge on any atom is 0.294 e. The van der Waals surface area contributed by atoms with Crippen LogP contribution in [0.5, 0.6) is 0 Å². The number of nitro groups is 1. The lowest BCUT2D eigenvalue weighted by atomic mass is 10.1. The number of carbonyl (C=O) groups is 2. The van der Waals surface area contributed by atoms with Crippen LogP contribution in [0.25, 0.3) is 0 Å². The molecule has 1 aromatic rings. The van der Waals surface area contributed by atoms with Crippen molar-refractivity contribution in [1.29, 1.82) is 0 Å². The number of nitro benzene ring substituents is 1. The van der Waals surface area contributed by atoms with Crippen molar-refractivity contribution in [3.8, 4) is 0 Å². The predicted molar refractivity (Wildman–Crippen MR) is 66.0 cm³/mol. The lowest BCUT2D eigenvalue weighted by molar-refractivity contribution is -0.757. The van der Waals surface area contributed by atoms with Gasteiger partial charge >= 0.3 is 0 Å². The van der Waals surface area contributed by atoms with Gasteiger partial charge < -0.3 is 4.84 Å². The largest absolute Gasteiger partial charge is 0.314 e. The zero-order valence-electron chi connectivity index (χ0n) is 10.6. The molecule has 10 nitrogen and oxygen atoms in total. The third-order valence-corrected chi connectivity index (χ3v) is 2.89. The van der Waals surface area contributed by atoms with E-state index in [0.29, 0.717) is 0 Å². The van der Waals surface area contributed by atoms with Crippen molar-refractivity contribution in [3.63, 3.8) is 0 Å². The molecule has 0 saturated carbocycles. The number of hydrogen-bond donors (Lipinski definition) is 0. The number of imide groups is 1. The highest BCUT2D eigenvalue weighted by Gasteiger charge is 2.36. The van der Waals surface area contributed by atoms with Crippen LogP contribution in [-0.2, 0) is 4.84 Å². The Kier molecular flexibility index (Phi) is 3.78. The minimum absolute atomic E-state index is 0.0376. The van der Waals surface area contributed by atoms with Crippen LogP contribution in [0.1, 0.15) is 27.1 Å². The molecule has 1 heterocycles. The molecule has 0 radical (unpaired) electrons. The van der Waals surface area contributed by atoms with E-state index in [2.05, 4.69) is 4.84 Å². The Morgan fingerprint density at radius 2 is 1.76 bits per heavy atom. The minimum Gasteiger partial charge on any atom is -0.314 e. The molecule has 1 aliphatic heterocycles. The molecule has 10 heteroatoms. The highest BCUT2D eigenvalue weighted by Crippen LogP contribution is 2.26. The summed E-state index contributed by atoms with van der Waals surface area (Å²) in [4.78, 5) is 48.9. The van der Waals surface area contributed by atoms with E-state index in [-0.39, 0.29) is 36.4 Å². The van der Waals surface area contributed by atoms with E-state index in [4.69, 9.17) is 0 Å². The first-order valence-corrected chi connectivity index (χ1v) is 5.83. The van der Waals surface area contributed by atoms with Gasteiger partial charge in [0, 0.05) is 18.7 Å². The first kappa shape index (κ1) is 14.4. The van der Waals surface area contributed by atoms with Crippen molar-refractivity contribution < 1.29 is 24.4 Å². The standard InChI is InChI=1S/C11H9N3O7/c15-10-8-3-2-7(13(17)18)6-9(8)11(16)12(10)4-1-5-21-14(19)20/h2-3,6H,1,4-5H2. The van der Waals surface area contributed by atoms with Gasteiger partial charge in [0.25, 0.3) is 22.6 Å². The second-order valence-corrected chi connectivity index (χ2v) is 4.16. The summed E-state index contributed by atoms with van der Waals surface area (Å²) in [6.45, 7) is -0.311. The van der Waals surface area contributed by atoms with Crippen LogP contribution in [-0.4, -0.2) is 39.9 Å². The highest BCUT2D eigenvalue weighted by atomic mass is 16.9. The quantitative estimate of drug-likeness (QED) is 0.328. The summed E-state index contributed by atoms with van der Waals surface area (Å²) in [7, 11) is 0. The molecule has 0 saturated heterocycles. The zero-order chi connectivity index (χ0) is 15.6. The third kappa shape index (κ3) is 2.78. The molecule has 0 bridgehead atoms. The molecular formula is C11H9N3O7. The molecule has 2 amide bonds. The average Bonchev–Trinajstić information content (AvgIpc) is 2.67. The van der Waals surface area contributed by atoms with E-state index in [9.17, 15) is 29.8 Å². The van der Waals surface area contributed by atoms with Crippen LogP contribution < -0.4 is 0 Å². The van der Waals surface area contributed by atoms with E-state index in [0.717, 1.165) is 17.0 Å². The van der Waals surface area contributed by atoms with E-state index < -0.39 is 21.8 Å². The van der Waals surface area contributed by atoms with Gasteiger partial charge in [0.2, 0.25) is 0 Å². The van der Waals surface area contributed by atoms with Gasteiger partial charge in [-0.15, -0.1) is 10.1 Å². The molecule has 110 valence electrons. The average molecular weight is 295 g/mol. The lowest BCUT2D eigenvalue weighted by Gasteiger charge is -2.12. The summed E-state index contributed by atoms with van der Waals surface area (Å²) in [5.41, 5.74) is -0.237. The molecule has 0 unspecified atom stereocenters. The third-order valence-electron chi connectivity index (χ3n) is 2.89. The van der Waals surface area contributed by atoms with Crippen molar-refractivity contribution >= 4 is 17.5 Å². The smallest absolute Gasteiger partial charge is 0.294 e. The van der Waals surface area contributed by atoms with Crippen LogP contribution >= 0.6 is 0 Å². The maximum atomic E-state index is 12.0. The number of non-ortho nitro benzene ring substituents is 1. The number of benzene rings is 1. The molecule has 21 heavy (non-hydrogen) atoms. The second kappa shape index (κ2) is 5.53. The van der Waals surface area contributed by atoms with Gasteiger partial charge in [-0.05, 0) is 12.5 Å². The van der Waals surface area contributed by atoms with Crippen molar-refractivity contribution in [3.05, 3.63) is 49.6 Å². The Bertz CT molecular complexity index is 643. The molecule has 0 aromatic heterocycles. The Labute approximate surface area is 117 Å². The molecular weight excluding hydrogens is 286 g/mol. The molecule has 0 aliphatic carbocycles. The van der Waals surface area contributed by atoms with Gasteiger partial charge in [-0.1, -0.05) is 0 Å². The minimum atomic E-state index is -0.967. The van der Waals surface area contributed by atoms with Crippen LogP contribution in [0.3, 0.4) is 0 Å². The van der Waals surface area contributed by atoms with Crippen LogP contribution in [0.2, 0.25) is 0 Å². The second-order valence-electron chi connectivity index (χ2n) is 4.16. The van der Waals surface area contributed by atoms with Gasteiger partial charge in [-0.2, -0.15) is 0 Å². The summed E-state index contributed by atoms with van der Waals surface area (Å²) in [6, 6.07) is 3.41. The van der Waals surface area contributed by atoms with Crippen molar-refractivity contribution in [1.82, 2.24) is 4.90 Å². The SMILES string of the molecule is O=C1c2ccc([N+](=O)[O-])cc2C(=O)N1CCCO[N+](=O)[O-]. The number of nitrogens with zero attached hydrogens (tertiary/aromatic N) is 3. The fourth-order valence-electron chi connectivity index (χ4n) is 1.96. The van der Waals surface area contributed by atoms with Crippen molar-refractivity contribution in [2.45, 2.75) is 6.42 Å². The Morgan fingerprint density at radius 3 is 2.38 bits per heavy atom. The predicted octanol–water partition coefficient (Wildman–Crippen LogP) is 0.789. The van der Waals surface area contributed by atoms with Crippen molar-refractivity contribution in [2.24, 2.45) is 0 Å². The van der Waals surface area contributed by atoms with Crippen LogP contribution in [0, 0.1) is 20.2 Å². The molecule has 0 N–H and O–H groups in total. The topological polar surface area (TPSA) is 133 Å².